The first kappa shape index (κ1) is 29.0. The number of aliphatic carboxylic acids is 1. The van der Waals surface area contributed by atoms with E-state index in [9.17, 15) is 29.5 Å². The lowest BCUT2D eigenvalue weighted by Gasteiger charge is -2.35. The summed E-state index contributed by atoms with van der Waals surface area (Å²) in [5, 5.41) is 34.3. The van der Waals surface area contributed by atoms with E-state index in [1.807, 2.05) is 6.92 Å². The van der Waals surface area contributed by atoms with Crippen molar-refractivity contribution in [1.29, 1.82) is 0 Å². The van der Waals surface area contributed by atoms with Gasteiger partial charge in [-0.2, -0.15) is 0 Å². The highest BCUT2D eigenvalue weighted by molar-refractivity contribution is 5.88. The molecule has 1 aromatic heterocycles. The minimum absolute atomic E-state index is 0.00817. The summed E-state index contributed by atoms with van der Waals surface area (Å²) in [4.78, 5) is 48.7. The normalized spacial score (nSPS) is 22.6. The SMILES string of the molecule is CCC[C@H](N[C@@H](C)C(=O)N1[C@H](C(=O)O)C[C@@H]2CCCC[C@@H]21)C(=O)OCC.Cc1c(C(=O)O)no[n+]1[O-]. The number of nitrogens with one attached hydrogen (secondary N) is 1. The molecular formula is C23H36N4O9. The molecule has 1 saturated carbocycles. The maximum atomic E-state index is 13.1. The molecule has 0 spiro atoms. The van der Waals surface area contributed by atoms with Crippen molar-refractivity contribution in [1.82, 2.24) is 15.4 Å². The molecule has 1 aromatic rings. The Morgan fingerprint density at radius 1 is 1.25 bits per heavy atom. The monoisotopic (exact) mass is 512 g/mol. The first-order valence-corrected chi connectivity index (χ1v) is 12.3. The Bertz CT molecular complexity index is 935. The molecule has 13 heteroatoms. The van der Waals surface area contributed by atoms with Crippen LogP contribution in [0, 0.1) is 18.0 Å². The Kier molecular flexibility index (Phi) is 10.6. The van der Waals surface area contributed by atoms with Gasteiger partial charge in [-0.05, 0) is 50.4 Å². The van der Waals surface area contributed by atoms with E-state index in [2.05, 4.69) is 15.1 Å². The molecule has 13 nitrogen and oxygen atoms in total. The number of aromatic nitrogens is 2. The smallest absolute Gasteiger partial charge is 0.387 e. The number of likely N-dealkylation sites (tertiary alicyclic amines) is 1. The Labute approximate surface area is 209 Å². The third-order valence-electron chi connectivity index (χ3n) is 6.62. The van der Waals surface area contributed by atoms with Crippen LogP contribution in [0.2, 0.25) is 0 Å². The number of hydrogen-bond donors (Lipinski definition) is 3. The van der Waals surface area contributed by atoms with Gasteiger partial charge in [0, 0.05) is 13.0 Å². The third-order valence-corrected chi connectivity index (χ3v) is 6.62. The van der Waals surface area contributed by atoms with Gasteiger partial charge in [0.15, 0.2) is 0 Å². The summed E-state index contributed by atoms with van der Waals surface area (Å²) >= 11 is 0. The van der Waals surface area contributed by atoms with Crippen LogP contribution in [0.5, 0.6) is 0 Å². The molecule has 2 aliphatic rings. The van der Waals surface area contributed by atoms with Crippen LogP contribution in [0.3, 0.4) is 0 Å². The topological polar surface area (TPSA) is 186 Å². The van der Waals surface area contributed by atoms with Gasteiger partial charge in [-0.15, -0.1) is 0 Å². The Hall–Kier alpha value is -3.22. The van der Waals surface area contributed by atoms with Crippen molar-refractivity contribution in [2.75, 3.05) is 6.61 Å². The highest BCUT2D eigenvalue weighted by Gasteiger charge is 2.48. The summed E-state index contributed by atoms with van der Waals surface area (Å²) in [6.07, 6.45) is 5.87. The number of ether oxygens (including phenoxy) is 1. The molecule has 1 aliphatic carbocycles. The zero-order valence-corrected chi connectivity index (χ0v) is 21.1. The average Bonchev–Trinajstić information content (AvgIpc) is 3.39. The number of nitrogens with zero attached hydrogens (tertiary/aromatic N) is 3. The molecule has 5 atom stereocenters. The van der Waals surface area contributed by atoms with Gasteiger partial charge in [-0.25, -0.2) is 9.59 Å². The first-order valence-electron chi connectivity index (χ1n) is 12.3. The van der Waals surface area contributed by atoms with E-state index in [-0.39, 0.29) is 40.1 Å². The zero-order valence-electron chi connectivity index (χ0n) is 21.1. The van der Waals surface area contributed by atoms with Crippen molar-refractivity contribution in [3.63, 3.8) is 0 Å². The summed E-state index contributed by atoms with van der Waals surface area (Å²) in [6, 6.07) is -1.92. The first-order chi connectivity index (χ1) is 17.0. The van der Waals surface area contributed by atoms with E-state index in [1.54, 1.807) is 18.7 Å². The molecule has 0 radical (unpaired) electrons. The number of carbonyl (C=O) groups excluding carboxylic acids is 2. The molecule has 36 heavy (non-hydrogen) atoms. The van der Waals surface area contributed by atoms with E-state index in [0.29, 0.717) is 19.4 Å². The van der Waals surface area contributed by atoms with Crippen molar-refractivity contribution in [2.45, 2.75) is 96.8 Å². The number of hydrogen-bond acceptors (Lipinski definition) is 9. The summed E-state index contributed by atoms with van der Waals surface area (Å²) in [7, 11) is 0. The van der Waals surface area contributed by atoms with E-state index < -0.39 is 30.1 Å². The van der Waals surface area contributed by atoms with Crippen LogP contribution in [0.25, 0.3) is 0 Å². The third kappa shape index (κ3) is 6.93. The molecule has 0 unspecified atom stereocenters. The van der Waals surface area contributed by atoms with Gasteiger partial charge in [0.1, 0.15) is 12.1 Å². The van der Waals surface area contributed by atoms with Crippen LogP contribution < -0.4 is 10.2 Å². The summed E-state index contributed by atoms with van der Waals surface area (Å²) in [6.45, 7) is 7.03. The van der Waals surface area contributed by atoms with Crippen LogP contribution in [0.1, 0.15) is 81.9 Å². The molecule has 1 aliphatic heterocycles. The van der Waals surface area contributed by atoms with Crippen LogP contribution in [-0.2, 0) is 19.1 Å². The molecule has 0 aromatic carbocycles. The second kappa shape index (κ2) is 13.2. The number of aromatic carboxylic acids is 1. The second-order valence-electron chi connectivity index (χ2n) is 9.10. The van der Waals surface area contributed by atoms with Crippen molar-refractivity contribution in [3.8, 4) is 0 Å². The van der Waals surface area contributed by atoms with Crippen molar-refractivity contribution >= 4 is 23.8 Å². The molecular weight excluding hydrogens is 476 g/mol. The number of carboxylic acids is 2. The lowest BCUT2D eigenvalue weighted by Crippen LogP contribution is -2.55. The molecule has 0 bridgehead atoms. The number of esters is 1. The number of carboxylic acid groups (broad SMARTS) is 2. The lowest BCUT2D eigenvalue weighted by molar-refractivity contribution is -0.806. The van der Waals surface area contributed by atoms with Gasteiger partial charge < -0.3 is 25.1 Å². The van der Waals surface area contributed by atoms with E-state index in [0.717, 1.165) is 32.1 Å². The molecule has 202 valence electrons. The number of carbonyl (C=O) groups is 4. The van der Waals surface area contributed by atoms with Crippen LogP contribution in [0.4, 0.5) is 0 Å². The van der Waals surface area contributed by atoms with Crippen LogP contribution in [-0.4, -0.2) is 74.9 Å². The fourth-order valence-electron chi connectivity index (χ4n) is 4.88. The molecule has 1 amide bonds. The molecule has 3 rings (SSSR count). The molecule has 2 fully saturated rings. The fourth-order valence-corrected chi connectivity index (χ4v) is 4.88. The number of rotatable bonds is 9. The minimum atomic E-state index is -1.27. The van der Waals surface area contributed by atoms with E-state index in [1.165, 1.54) is 6.92 Å². The predicted molar refractivity (Wildman–Crippen MR) is 124 cm³/mol. The van der Waals surface area contributed by atoms with Gasteiger partial charge in [0.05, 0.1) is 17.8 Å². The van der Waals surface area contributed by atoms with Crippen LogP contribution >= 0.6 is 0 Å². The standard InChI is InChI=1S/C19H32N2O5.C4H4N2O4/c1-4-8-14(19(25)26-5-2)20-12(3)17(22)21-15-10-7-6-9-13(15)11-16(21)18(23)24;1-2-3(4(7)8)5-10-6(2)9/h12-16,20H,4-11H2,1-3H3,(H,23,24);1H3,(H,7,8)/t12-,13-,14-,15-,16-;/m0./s1. The van der Waals surface area contributed by atoms with E-state index >= 15 is 0 Å². The van der Waals surface area contributed by atoms with Gasteiger partial charge in [-0.3, -0.25) is 19.5 Å². The molecule has 3 N–H and O–H groups in total. The quantitative estimate of drug-likeness (QED) is 0.319. The summed E-state index contributed by atoms with van der Waals surface area (Å²) in [5.74, 6) is -2.51. The number of amides is 1. The van der Waals surface area contributed by atoms with Crippen molar-refractivity contribution in [2.24, 2.45) is 5.92 Å². The molecule has 2 heterocycles. The highest BCUT2D eigenvalue weighted by Crippen LogP contribution is 2.40. The Morgan fingerprint density at radius 3 is 2.42 bits per heavy atom. The van der Waals surface area contributed by atoms with Crippen LogP contribution in [0.15, 0.2) is 4.63 Å². The minimum Gasteiger partial charge on any atom is -0.480 e. The zero-order chi connectivity index (χ0) is 27.0. The summed E-state index contributed by atoms with van der Waals surface area (Å²) in [5.41, 5.74) is -0.400. The number of fused-ring (bicyclic) bond motifs is 1. The van der Waals surface area contributed by atoms with E-state index in [4.69, 9.17) is 9.84 Å². The maximum Gasteiger partial charge on any atom is 0.387 e. The fraction of sp³-hybridized carbons (Fsp3) is 0.739. The van der Waals surface area contributed by atoms with Gasteiger partial charge in [0.25, 0.3) is 0 Å². The lowest BCUT2D eigenvalue weighted by atomic mass is 9.84. The molecule has 1 saturated heterocycles. The van der Waals surface area contributed by atoms with Gasteiger partial charge >= 0.3 is 23.6 Å². The van der Waals surface area contributed by atoms with Crippen molar-refractivity contribution in [3.05, 3.63) is 16.6 Å². The largest absolute Gasteiger partial charge is 0.480 e. The second-order valence-corrected chi connectivity index (χ2v) is 9.10. The highest BCUT2D eigenvalue weighted by atomic mass is 16.8. The Morgan fingerprint density at radius 2 is 1.92 bits per heavy atom. The average molecular weight is 513 g/mol. The van der Waals surface area contributed by atoms with Gasteiger partial charge in [0.2, 0.25) is 11.6 Å². The van der Waals surface area contributed by atoms with Crippen molar-refractivity contribution < 1.29 is 43.7 Å². The summed E-state index contributed by atoms with van der Waals surface area (Å²) < 4.78 is 9.07. The maximum absolute atomic E-state index is 13.1. The predicted octanol–water partition coefficient (Wildman–Crippen LogP) is 1.26. The Balaban J connectivity index is 0.000000380. The van der Waals surface area contributed by atoms with Gasteiger partial charge in [-0.1, -0.05) is 26.2 Å².